The van der Waals surface area contributed by atoms with E-state index in [-0.39, 0.29) is 0 Å². The zero-order valence-electron chi connectivity index (χ0n) is 24.3. The lowest BCUT2D eigenvalue weighted by Gasteiger charge is -2.12. The van der Waals surface area contributed by atoms with Crippen molar-refractivity contribution in [3.05, 3.63) is 158 Å². The maximum Gasteiger partial charge on any atom is 0.164 e. The number of nitrogens with zero attached hydrogens (tertiary/aromatic N) is 2. The first-order chi connectivity index (χ1) is 22.3. The molecule has 3 heteroatoms. The Hall–Kier alpha value is -6.06. The van der Waals surface area contributed by atoms with Gasteiger partial charge in [0.2, 0.25) is 0 Å². The van der Waals surface area contributed by atoms with Crippen molar-refractivity contribution in [2.45, 2.75) is 0 Å². The molecule has 0 atom stereocenters. The molecule has 0 aliphatic rings. The summed E-state index contributed by atoms with van der Waals surface area (Å²) in [4.78, 5) is 10.4. The third-order valence-corrected chi connectivity index (χ3v) is 8.66. The van der Waals surface area contributed by atoms with Crippen molar-refractivity contribution in [1.29, 1.82) is 0 Å². The van der Waals surface area contributed by atoms with Crippen LogP contribution < -0.4 is 0 Å². The molecule has 0 unspecified atom stereocenters. The number of para-hydroxylation sites is 1. The minimum Gasteiger partial charge on any atom is -0.455 e. The molecular weight excluding hydrogens is 548 g/mol. The van der Waals surface area contributed by atoms with Gasteiger partial charge in [0.1, 0.15) is 11.2 Å². The summed E-state index contributed by atoms with van der Waals surface area (Å²) in [5.74, 6) is 0.641. The Bertz CT molecular complexity index is 2530. The monoisotopic (exact) mass is 574 g/mol. The maximum absolute atomic E-state index is 6.76. The van der Waals surface area contributed by atoms with Crippen molar-refractivity contribution in [1.82, 2.24) is 9.97 Å². The molecule has 0 spiro atoms. The number of hydrogen-bond donors (Lipinski definition) is 0. The van der Waals surface area contributed by atoms with Crippen LogP contribution in [-0.4, -0.2) is 9.97 Å². The Balaban J connectivity index is 1.32. The Morgan fingerprint density at radius 3 is 1.89 bits per heavy atom. The van der Waals surface area contributed by atoms with Gasteiger partial charge < -0.3 is 4.42 Å². The van der Waals surface area contributed by atoms with E-state index in [1.165, 1.54) is 10.9 Å². The minimum absolute atomic E-state index is 0.641. The van der Waals surface area contributed by atoms with Crippen molar-refractivity contribution < 1.29 is 4.42 Å². The first-order valence-corrected chi connectivity index (χ1v) is 15.2. The van der Waals surface area contributed by atoms with E-state index in [1.54, 1.807) is 0 Å². The molecule has 45 heavy (non-hydrogen) atoms. The van der Waals surface area contributed by atoms with Crippen LogP contribution in [0.2, 0.25) is 0 Å². The number of rotatable bonds is 4. The zero-order valence-corrected chi connectivity index (χ0v) is 24.3. The molecule has 0 bridgehead atoms. The number of benzene rings is 7. The summed E-state index contributed by atoms with van der Waals surface area (Å²) in [6.07, 6.45) is 0. The van der Waals surface area contributed by atoms with E-state index in [2.05, 4.69) is 133 Å². The molecule has 2 aromatic heterocycles. The van der Waals surface area contributed by atoms with Gasteiger partial charge in [0.15, 0.2) is 5.82 Å². The Labute approximate surface area is 260 Å². The Morgan fingerprint density at radius 1 is 0.422 bits per heavy atom. The summed E-state index contributed by atoms with van der Waals surface area (Å²) in [7, 11) is 0. The van der Waals surface area contributed by atoms with Gasteiger partial charge in [-0.05, 0) is 63.4 Å². The van der Waals surface area contributed by atoms with Crippen molar-refractivity contribution in [3.8, 4) is 44.9 Å². The van der Waals surface area contributed by atoms with Gasteiger partial charge in [-0.25, -0.2) is 9.97 Å². The van der Waals surface area contributed by atoms with E-state index in [1.807, 2.05) is 24.3 Å². The summed E-state index contributed by atoms with van der Waals surface area (Å²) in [6.45, 7) is 0. The SMILES string of the molecule is c1ccc(-c2cccc(-c3nc(-c4ccc(-c5ccccc5)c5c4oc4cc6ccccc6cc45)nc4ccccc34)c2)cc1. The number of fused-ring (bicyclic) bond motifs is 5. The largest absolute Gasteiger partial charge is 0.455 e. The number of furan rings is 1. The molecule has 9 aromatic rings. The lowest BCUT2D eigenvalue weighted by atomic mass is 9.96. The van der Waals surface area contributed by atoms with Crippen LogP contribution in [0, 0.1) is 0 Å². The maximum atomic E-state index is 6.76. The number of aromatic nitrogens is 2. The Morgan fingerprint density at radius 2 is 1.07 bits per heavy atom. The van der Waals surface area contributed by atoms with Gasteiger partial charge in [0, 0.05) is 21.7 Å². The molecule has 3 nitrogen and oxygen atoms in total. The molecule has 0 amide bonds. The first-order valence-electron chi connectivity index (χ1n) is 15.2. The smallest absolute Gasteiger partial charge is 0.164 e. The molecule has 0 radical (unpaired) electrons. The van der Waals surface area contributed by atoms with Crippen LogP contribution in [0.5, 0.6) is 0 Å². The lowest BCUT2D eigenvalue weighted by Crippen LogP contribution is -1.96. The third-order valence-electron chi connectivity index (χ3n) is 8.66. The average molecular weight is 575 g/mol. The van der Waals surface area contributed by atoms with Crippen LogP contribution in [0.3, 0.4) is 0 Å². The molecular formula is C42H26N2O. The van der Waals surface area contributed by atoms with E-state index < -0.39 is 0 Å². The van der Waals surface area contributed by atoms with Crippen LogP contribution in [0.1, 0.15) is 0 Å². The van der Waals surface area contributed by atoms with Gasteiger partial charge in [-0.2, -0.15) is 0 Å². The molecule has 0 saturated heterocycles. The molecule has 210 valence electrons. The predicted molar refractivity (Wildman–Crippen MR) is 186 cm³/mol. The second-order valence-corrected chi connectivity index (χ2v) is 11.4. The summed E-state index contributed by atoms with van der Waals surface area (Å²) < 4.78 is 6.76. The zero-order chi connectivity index (χ0) is 29.7. The lowest BCUT2D eigenvalue weighted by molar-refractivity contribution is 0.670. The molecule has 0 aliphatic carbocycles. The molecule has 0 fully saturated rings. The standard InChI is InChI=1S/C42H26N2O/c1-3-12-27(13-4-1)29-18-11-19-32(24-29)40-34-20-9-10-21-37(34)43-42(44-40)35-23-22-33(28-14-5-2-6-15-28)39-36-25-30-16-7-8-17-31(30)26-38(36)45-41(35)39/h1-26H. The van der Waals surface area contributed by atoms with Crippen molar-refractivity contribution in [3.63, 3.8) is 0 Å². The molecule has 0 aliphatic heterocycles. The first kappa shape index (κ1) is 25.4. The highest BCUT2D eigenvalue weighted by molar-refractivity contribution is 6.18. The minimum atomic E-state index is 0.641. The summed E-state index contributed by atoms with van der Waals surface area (Å²) in [5.41, 5.74) is 9.94. The normalized spacial score (nSPS) is 11.6. The highest BCUT2D eigenvalue weighted by Crippen LogP contribution is 2.43. The molecule has 7 aromatic carbocycles. The predicted octanol–water partition coefficient (Wildman–Crippen LogP) is 11.4. The highest BCUT2D eigenvalue weighted by Gasteiger charge is 2.21. The molecule has 9 rings (SSSR count). The van der Waals surface area contributed by atoms with Crippen molar-refractivity contribution in [2.24, 2.45) is 0 Å². The van der Waals surface area contributed by atoms with Gasteiger partial charge in [0.25, 0.3) is 0 Å². The summed E-state index contributed by atoms with van der Waals surface area (Å²) in [5, 5.41) is 5.50. The fraction of sp³-hybridized carbons (Fsp3) is 0. The highest BCUT2D eigenvalue weighted by atomic mass is 16.3. The van der Waals surface area contributed by atoms with Crippen LogP contribution in [-0.2, 0) is 0 Å². The van der Waals surface area contributed by atoms with Crippen LogP contribution >= 0.6 is 0 Å². The fourth-order valence-electron chi connectivity index (χ4n) is 6.49. The molecule has 2 heterocycles. The van der Waals surface area contributed by atoms with E-state index in [0.717, 1.165) is 71.7 Å². The topological polar surface area (TPSA) is 38.9 Å². The summed E-state index contributed by atoms with van der Waals surface area (Å²) >= 11 is 0. The van der Waals surface area contributed by atoms with Gasteiger partial charge in [0.05, 0.1) is 16.8 Å². The van der Waals surface area contributed by atoms with Gasteiger partial charge >= 0.3 is 0 Å². The van der Waals surface area contributed by atoms with Crippen LogP contribution in [0.25, 0.3) is 88.5 Å². The molecule has 0 saturated carbocycles. The summed E-state index contributed by atoms with van der Waals surface area (Å²) in [6, 6.07) is 54.9. The quantitative estimate of drug-likeness (QED) is 0.210. The fourth-order valence-corrected chi connectivity index (χ4v) is 6.49. The van der Waals surface area contributed by atoms with E-state index in [0.29, 0.717) is 5.82 Å². The van der Waals surface area contributed by atoms with Gasteiger partial charge in [-0.15, -0.1) is 0 Å². The van der Waals surface area contributed by atoms with E-state index in [9.17, 15) is 0 Å². The van der Waals surface area contributed by atoms with Crippen molar-refractivity contribution >= 4 is 43.6 Å². The van der Waals surface area contributed by atoms with Crippen LogP contribution in [0.4, 0.5) is 0 Å². The van der Waals surface area contributed by atoms with E-state index in [4.69, 9.17) is 14.4 Å². The second-order valence-electron chi connectivity index (χ2n) is 11.4. The third kappa shape index (κ3) is 4.29. The second kappa shape index (κ2) is 10.3. The van der Waals surface area contributed by atoms with Crippen LogP contribution in [0.15, 0.2) is 162 Å². The van der Waals surface area contributed by atoms with Gasteiger partial charge in [-0.3, -0.25) is 0 Å². The van der Waals surface area contributed by atoms with Crippen molar-refractivity contribution in [2.75, 3.05) is 0 Å². The van der Waals surface area contributed by atoms with Gasteiger partial charge in [-0.1, -0.05) is 127 Å². The Kier molecular flexibility index (Phi) is 5.82. The average Bonchev–Trinajstić information content (AvgIpc) is 3.49. The number of hydrogen-bond acceptors (Lipinski definition) is 3. The molecule has 0 N–H and O–H groups in total. The van der Waals surface area contributed by atoms with E-state index >= 15 is 0 Å².